The Morgan fingerprint density at radius 1 is 0.850 bits per heavy atom. The molecule has 3 aromatic carbocycles. The first kappa shape index (κ1) is 13.5. The van der Waals surface area contributed by atoms with Crippen LogP contribution in [-0.2, 0) is 4.79 Å². The molecular formula is C16H8Br2O2. The highest BCUT2D eigenvalue weighted by molar-refractivity contribution is 9.10. The van der Waals surface area contributed by atoms with Crippen LogP contribution in [0.4, 0.5) is 0 Å². The molecule has 0 atom stereocenters. The lowest BCUT2D eigenvalue weighted by Crippen LogP contribution is -2.02. The third-order valence-electron chi connectivity index (χ3n) is 3.23. The van der Waals surface area contributed by atoms with Crippen molar-refractivity contribution in [2.75, 3.05) is 0 Å². The number of halogens is 2. The third-order valence-corrected chi connectivity index (χ3v) is 4.22. The van der Waals surface area contributed by atoms with Crippen molar-refractivity contribution in [3.05, 3.63) is 57.0 Å². The van der Waals surface area contributed by atoms with Gasteiger partial charge in [-0.05, 0) is 51.9 Å². The third kappa shape index (κ3) is 2.19. The van der Waals surface area contributed by atoms with Crippen LogP contribution in [0, 0.1) is 0 Å². The molecule has 0 heterocycles. The van der Waals surface area contributed by atoms with Gasteiger partial charge in [-0.1, -0.05) is 44.0 Å². The molecule has 0 N–H and O–H groups in total. The quantitative estimate of drug-likeness (QED) is 0.269. The van der Waals surface area contributed by atoms with Gasteiger partial charge in [0.2, 0.25) is 5.78 Å². The number of Topliss-reactive ketones (excluding diaryl/α,β-unsaturated/α-hetero) is 1. The summed E-state index contributed by atoms with van der Waals surface area (Å²) in [7, 11) is 0. The Hall–Kier alpha value is -1.52. The second kappa shape index (κ2) is 5.11. The average Bonchev–Trinajstić information content (AvgIpc) is 2.43. The standard InChI is InChI=1S/C16H8Br2O2/c17-11-1-3-13-9(6-11)5-10-7-12(18)2-4-14(10)16(13)15(20)8-19/h1-8H. The molecule has 0 saturated heterocycles. The molecule has 0 aliphatic heterocycles. The molecule has 0 aliphatic carbocycles. The SMILES string of the molecule is O=CC(=O)c1c2ccc(Br)cc2cc2cc(Br)ccc12. The zero-order chi connectivity index (χ0) is 14.3. The molecule has 4 heteroatoms. The number of ketones is 1. The summed E-state index contributed by atoms with van der Waals surface area (Å²) in [6.45, 7) is 0. The Morgan fingerprint density at radius 3 is 1.80 bits per heavy atom. The van der Waals surface area contributed by atoms with Gasteiger partial charge in [-0.3, -0.25) is 9.59 Å². The van der Waals surface area contributed by atoms with Crippen LogP contribution >= 0.6 is 31.9 Å². The summed E-state index contributed by atoms with van der Waals surface area (Å²) in [5, 5.41) is 3.44. The van der Waals surface area contributed by atoms with Gasteiger partial charge in [-0.2, -0.15) is 0 Å². The minimum Gasteiger partial charge on any atom is -0.294 e. The Labute approximate surface area is 132 Å². The summed E-state index contributed by atoms with van der Waals surface area (Å²) < 4.78 is 1.87. The van der Waals surface area contributed by atoms with Crippen LogP contribution in [0.3, 0.4) is 0 Å². The largest absolute Gasteiger partial charge is 0.294 e. The topological polar surface area (TPSA) is 34.1 Å². The van der Waals surface area contributed by atoms with Gasteiger partial charge in [0.1, 0.15) is 0 Å². The van der Waals surface area contributed by atoms with E-state index in [0.717, 1.165) is 30.5 Å². The number of rotatable bonds is 2. The summed E-state index contributed by atoms with van der Waals surface area (Å²) in [4.78, 5) is 23.0. The molecule has 0 saturated carbocycles. The van der Waals surface area contributed by atoms with Gasteiger partial charge in [0, 0.05) is 14.5 Å². The molecule has 98 valence electrons. The van der Waals surface area contributed by atoms with E-state index in [9.17, 15) is 9.59 Å². The van der Waals surface area contributed by atoms with Gasteiger partial charge >= 0.3 is 0 Å². The van der Waals surface area contributed by atoms with Gasteiger partial charge in [0.25, 0.3) is 0 Å². The maximum Gasteiger partial charge on any atom is 0.226 e. The van der Waals surface area contributed by atoms with Crippen LogP contribution < -0.4 is 0 Å². The average molecular weight is 392 g/mol. The van der Waals surface area contributed by atoms with Crippen molar-refractivity contribution in [3.63, 3.8) is 0 Å². The Morgan fingerprint density at radius 2 is 1.35 bits per heavy atom. The van der Waals surface area contributed by atoms with E-state index in [1.54, 1.807) is 0 Å². The molecule has 20 heavy (non-hydrogen) atoms. The number of carbonyl (C=O) groups excluding carboxylic acids is 2. The molecule has 0 bridgehead atoms. The molecule has 0 unspecified atom stereocenters. The lowest BCUT2D eigenvalue weighted by atomic mass is 9.95. The van der Waals surface area contributed by atoms with E-state index in [1.807, 2.05) is 42.5 Å². The highest BCUT2D eigenvalue weighted by Gasteiger charge is 2.14. The van der Waals surface area contributed by atoms with E-state index in [0.29, 0.717) is 11.8 Å². The van der Waals surface area contributed by atoms with E-state index in [1.165, 1.54) is 0 Å². The van der Waals surface area contributed by atoms with Crippen LogP contribution in [0.5, 0.6) is 0 Å². The van der Waals surface area contributed by atoms with Gasteiger partial charge in [0.15, 0.2) is 6.29 Å². The number of hydrogen-bond acceptors (Lipinski definition) is 2. The summed E-state index contributed by atoms with van der Waals surface area (Å²) >= 11 is 6.85. The molecular weight excluding hydrogens is 384 g/mol. The molecule has 0 aromatic heterocycles. The zero-order valence-electron chi connectivity index (χ0n) is 10.2. The summed E-state index contributed by atoms with van der Waals surface area (Å²) in [5.74, 6) is -0.495. The zero-order valence-corrected chi connectivity index (χ0v) is 13.4. The van der Waals surface area contributed by atoms with Crippen LogP contribution in [0.25, 0.3) is 21.5 Å². The van der Waals surface area contributed by atoms with E-state index in [4.69, 9.17) is 0 Å². The maximum absolute atomic E-state index is 12.0. The first-order valence-corrected chi connectivity index (χ1v) is 7.50. The van der Waals surface area contributed by atoms with Crippen LogP contribution in [0.1, 0.15) is 10.4 Å². The van der Waals surface area contributed by atoms with E-state index in [2.05, 4.69) is 31.9 Å². The second-order valence-corrected chi connectivity index (χ2v) is 6.30. The van der Waals surface area contributed by atoms with Crippen LogP contribution in [0.2, 0.25) is 0 Å². The Kier molecular flexibility index (Phi) is 3.44. The van der Waals surface area contributed by atoms with Gasteiger partial charge < -0.3 is 0 Å². The summed E-state index contributed by atoms with van der Waals surface area (Å²) in [6.07, 6.45) is 0.373. The first-order chi connectivity index (χ1) is 9.60. The van der Waals surface area contributed by atoms with Gasteiger partial charge in [0.05, 0.1) is 0 Å². The molecule has 0 spiro atoms. The molecule has 0 radical (unpaired) electrons. The van der Waals surface area contributed by atoms with Crippen molar-refractivity contribution >= 4 is 65.5 Å². The smallest absolute Gasteiger partial charge is 0.226 e. The Bertz CT molecular complexity index is 809. The number of hydrogen-bond donors (Lipinski definition) is 0. The summed E-state index contributed by atoms with van der Waals surface area (Å²) in [6, 6.07) is 13.4. The molecule has 0 aliphatic rings. The van der Waals surface area contributed by atoms with Crippen LogP contribution in [-0.4, -0.2) is 12.1 Å². The number of aldehydes is 1. The van der Waals surface area contributed by atoms with Crippen LogP contribution in [0.15, 0.2) is 51.4 Å². The molecule has 2 nitrogen and oxygen atoms in total. The fraction of sp³-hybridized carbons (Fsp3) is 0. The lowest BCUT2D eigenvalue weighted by Gasteiger charge is -2.09. The monoisotopic (exact) mass is 390 g/mol. The minimum absolute atomic E-state index is 0.373. The van der Waals surface area contributed by atoms with E-state index in [-0.39, 0.29) is 0 Å². The van der Waals surface area contributed by atoms with Gasteiger partial charge in [-0.15, -0.1) is 0 Å². The van der Waals surface area contributed by atoms with Crippen molar-refractivity contribution in [3.8, 4) is 0 Å². The summed E-state index contributed by atoms with van der Waals surface area (Å²) in [5.41, 5.74) is 0.465. The highest BCUT2D eigenvalue weighted by atomic mass is 79.9. The normalized spacial score (nSPS) is 10.9. The molecule has 3 rings (SSSR count). The predicted molar refractivity (Wildman–Crippen MR) is 87.2 cm³/mol. The number of fused-ring (bicyclic) bond motifs is 2. The highest BCUT2D eigenvalue weighted by Crippen LogP contribution is 2.32. The lowest BCUT2D eigenvalue weighted by molar-refractivity contribution is -0.104. The van der Waals surface area contributed by atoms with E-state index < -0.39 is 5.78 Å². The second-order valence-electron chi connectivity index (χ2n) is 4.46. The fourth-order valence-electron chi connectivity index (χ4n) is 2.40. The minimum atomic E-state index is -0.495. The molecule has 0 amide bonds. The predicted octanol–water partition coefficient (Wildman–Crippen LogP) is 4.90. The number of carbonyl (C=O) groups is 2. The molecule has 3 aromatic rings. The number of benzene rings is 3. The van der Waals surface area contributed by atoms with Crippen molar-refractivity contribution in [1.29, 1.82) is 0 Å². The molecule has 0 fully saturated rings. The van der Waals surface area contributed by atoms with Crippen molar-refractivity contribution in [1.82, 2.24) is 0 Å². The van der Waals surface area contributed by atoms with Crippen molar-refractivity contribution in [2.45, 2.75) is 0 Å². The maximum atomic E-state index is 12.0. The van der Waals surface area contributed by atoms with Crippen molar-refractivity contribution in [2.24, 2.45) is 0 Å². The Balaban J connectivity index is 2.55. The van der Waals surface area contributed by atoms with E-state index >= 15 is 0 Å². The fourth-order valence-corrected chi connectivity index (χ4v) is 3.16. The van der Waals surface area contributed by atoms with Crippen molar-refractivity contribution < 1.29 is 9.59 Å². The van der Waals surface area contributed by atoms with Gasteiger partial charge in [-0.25, -0.2) is 0 Å². The first-order valence-electron chi connectivity index (χ1n) is 5.91.